The van der Waals surface area contributed by atoms with Crippen molar-refractivity contribution in [2.24, 2.45) is 0 Å². The Morgan fingerprint density at radius 2 is 2.00 bits per heavy atom. The summed E-state index contributed by atoms with van der Waals surface area (Å²) in [7, 11) is 0. The summed E-state index contributed by atoms with van der Waals surface area (Å²) >= 11 is 16.8. The van der Waals surface area contributed by atoms with Crippen LogP contribution >= 0.6 is 34.8 Å². The fraction of sp³-hybridized carbons (Fsp3) is 0.125. The van der Waals surface area contributed by atoms with E-state index >= 15 is 0 Å². The van der Waals surface area contributed by atoms with Crippen molar-refractivity contribution in [1.29, 1.82) is 0 Å². The van der Waals surface area contributed by atoms with E-state index in [1.165, 1.54) is 0 Å². The molecule has 0 spiro atoms. The number of nitrogens with two attached hydrogens (primary N) is 1. The van der Waals surface area contributed by atoms with Crippen LogP contribution in [0.15, 0.2) is 22.6 Å². The maximum atomic E-state index is 5.61. The third kappa shape index (κ3) is 1.75. The van der Waals surface area contributed by atoms with Gasteiger partial charge in [0.25, 0.3) is 3.79 Å². The summed E-state index contributed by atoms with van der Waals surface area (Å²) in [5, 5.41) is 0. The van der Waals surface area contributed by atoms with Gasteiger partial charge in [-0.25, -0.2) is 4.98 Å². The summed E-state index contributed by atoms with van der Waals surface area (Å²) in [6, 6.07) is 5.02. The first-order valence-corrected chi connectivity index (χ1v) is 4.83. The monoisotopic (exact) mass is 250 g/mol. The first-order chi connectivity index (χ1) is 6.47. The summed E-state index contributed by atoms with van der Waals surface area (Å²) in [4.78, 5) is 4.00. The largest absolute Gasteiger partial charge is 0.436 e. The first kappa shape index (κ1) is 9.90. The smallest absolute Gasteiger partial charge is 0.266 e. The molecule has 0 fully saturated rings. The van der Waals surface area contributed by atoms with Gasteiger partial charge in [0.1, 0.15) is 5.52 Å². The Kier molecular flexibility index (Phi) is 2.26. The highest BCUT2D eigenvalue weighted by Crippen LogP contribution is 2.38. The average Bonchev–Trinajstić information content (AvgIpc) is 2.45. The van der Waals surface area contributed by atoms with Crippen molar-refractivity contribution in [2.75, 3.05) is 5.73 Å². The summed E-state index contributed by atoms with van der Waals surface area (Å²) in [5.74, 6) is 0.0445. The third-order valence-corrected chi connectivity index (χ3v) is 2.14. The molecule has 3 nitrogen and oxygen atoms in total. The van der Waals surface area contributed by atoms with Crippen molar-refractivity contribution in [3.63, 3.8) is 0 Å². The highest BCUT2D eigenvalue weighted by atomic mass is 35.6. The lowest BCUT2D eigenvalue weighted by Gasteiger charge is -2.02. The normalized spacial score (nSPS) is 12.2. The molecule has 0 atom stereocenters. The van der Waals surface area contributed by atoms with Crippen LogP contribution in [0.5, 0.6) is 0 Å². The van der Waals surface area contributed by atoms with Crippen molar-refractivity contribution in [3.8, 4) is 0 Å². The lowest BCUT2D eigenvalue weighted by molar-refractivity contribution is 0.540. The summed E-state index contributed by atoms with van der Waals surface area (Å²) < 4.78 is 3.58. The number of hydrogen-bond acceptors (Lipinski definition) is 3. The molecule has 6 heteroatoms. The van der Waals surface area contributed by atoms with Gasteiger partial charge in [0.15, 0.2) is 5.58 Å². The van der Waals surface area contributed by atoms with Crippen LogP contribution in [-0.4, -0.2) is 4.98 Å². The van der Waals surface area contributed by atoms with E-state index in [1.54, 1.807) is 18.2 Å². The topological polar surface area (TPSA) is 52.0 Å². The fourth-order valence-electron chi connectivity index (χ4n) is 1.07. The predicted molar refractivity (Wildman–Crippen MR) is 57.7 cm³/mol. The van der Waals surface area contributed by atoms with Gasteiger partial charge in [0.2, 0.25) is 5.89 Å². The molecule has 0 bridgehead atoms. The standard InChI is InChI=1S/C8H5Cl3N2O/c9-8(10,11)7-13-5-3-4(12)1-2-6(5)14-7/h1-3H,12H2. The Hall–Kier alpha value is -0.640. The molecular weight excluding hydrogens is 246 g/mol. The second-order valence-electron chi connectivity index (χ2n) is 2.74. The van der Waals surface area contributed by atoms with Gasteiger partial charge in [-0.3, -0.25) is 0 Å². The molecule has 0 saturated carbocycles. The van der Waals surface area contributed by atoms with Gasteiger partial charge in [0.05, 0.1) is 0 Å². The number of hydrogen-bond donors (Lipinski definition) is 1. The molecule has 1 aromatic heterocycles. The zero-order valence-electron chi connectivity index (χ0n) is 6.80. The summed E-state index contributed by atoms with van der Waals surface area (Å²) in [6.07, 6.45) is 0. The number of benzene rings is 1. The molecular formula is C8H5Cl3N2O. The molecule has 0 amide bonds. The number of oxazole rings is 1. The summed E-state index contributed by atoms with van der Waals surface area (Å²) in [6.45, 7) is 0. The SMILES string of the molecule is Nc1ccc2oc(C(Cl)(Cl)Cl)nc2c1. The molecule has 0 radical (unpaired) electrons. The van der Waals surface area contributed by atoms with Crippen LogP contribution in [0.4, 0.5) is 5.69 Å². The molecule has 2 N–H and O–H groups in total. The molecule has 2 rings (SSSR count). The highest BCUT2D eigenvalue weighted by Gasteiger charge is 2.29. The van der Waals surface area contributed by atoms with Gasteiger partial charge >= 0.3 is 0 Å². The molecule has 0 aliphatic carbocycles. The Bertz CT molecular complexity index is 475. The zero-order valence-corrected chi connectivity index (χ0v) is 9.07. The minimum Gasteiger partial charge on any atom is -0.436 e. The minimum absolute atomic E-state index is 0.0445. The molecule has 74 valence electrons. The molecule has 2 aromatic rings. The van der Waals surface area contributed by atoms with E-state index in [2.05, 4.69) is 4.98 Å². The van der Waals surface area contributed by atoms with Crippen molar-refractivity contribution in [2.45, 2.75) is 3.79 Å². The minimum atomic E-state index is -1.65. The van der Waals surface area contributed by atoms with E-state index in [4.69, 9.17) is 45.0 Å². The number of fused-ring (bicyclic) bond motifs is 1. The maximum absolute atomic E-state index is 5.61. The van der Waals surface area contributed by atoms with Gasteiger partial charge < -0.3 is 10.2 Å². The molecule has 0 aliphatic rings. The second-order valence-corrected chi connectivity index (χ2v) is 5.03. The fourth-order valence-corrected chi connectivity index (χ4v) is 1.31. The maximum Gasteiger partial charge on any atom is 0.266 e. The Morgan fingerprint density at radius 3 is 2.64 bits per heavy atom. The second kappa shape index (κ2) is 3.19. The van der Waals surface area contributed by atoms with Crippen molar-refractivity contribution < 1.29 is 4.42 Å². The van der Waals surface area contributed by atoms with Crippen molar-refractivity contribution in [1.82, 2.24) is 4.98 Å². The first-order valence-electron chi connectivity index (χ1n) is 3.70. The number of alkyl halides is 3. The predicted octanol–water partition coefficient (Wildman–Crippen LogP) is 3.24. The average molecular weight is 252 g/mol. The molecule has 14 heavy (non-hydrogen) atoms. The number of nitrogen functional groups attached to an aromatic ring is 1. The van der Waals surface area contributed by atoms with E-state index < -0.39 is 3.79 Å². The quantitative estimate of drug-likeness (QED) is 0.578. The van der Waals surface area contributed by atoms with Crippen LogP contribution in [0.3, 0.4) is 0 Å². The van der Waals surface area contributed by atoms with Crippen LogP contribution in [0.2, 0.25) is 0 Å². The van der Waals surface area contributed by atoms with Crippen LogP contribution in [0.1, 0.15) is 5.89 Å². The van der Waals surface area contributed by atoms with Crippen LogP contribution in [-0.2, 0) is 3.79 Å². The molecule has 1 heterocycles. The van der Waals surface area contributed by atoms with Gasteiger partial charge in [-0.1, -0.05) is 34.8 Å². The number of anilines is 1. The van der Waals surface area contributed by atoms with Crippen LogP contribution in [0.25, 0.3) is 11.1 Å². The Morgan fingerprint density at radius 1 is 1.29 bits per heavy atom. The van der Waals surface area contributed by atoms with Crippen molar-refractivity contribution >= 4 is 51.6 Å². The lowest BCUT2D eigenvalue weighted by atomic mass is 10.3. The van der Waals surface area contributed by atoms with Gasteiger partial charge in [-0.15, -0.1) is 0 Å². The Labute approximate surface area is 94.7 Å². The van der Waals surface area contributed by atoms with Gasteiger partial charge in [0, 0.05) is 5.69 Å². The van der Waals surface area contributed by atoms with E-state index in [1.807, 2.05) is 0 Å². The van der Waals surface area contributed by atoms with Crippen LogP contribution in [0, 0.1) is 0 Å². The zero-order chi connectivity index (χ0) is 10.3. The third-order valence-electron chi connectivity index (χ3n) is 1.65. The van der Waals surface area contributed by atoms with Gasteiger partial charge in [-0.2, -0.15) is 0 Å². The molecule has 0 saturated heterocycles. The number of nitrogens with zero attached hydrogens (tertiary/aromatic N) is 1. The lowest BCUT2D eigenvalue weighted by Crippen LogP contribution is -1.99. The number of halogens is 3. The number of rotatable bonds is 0. The molecule has 1 aromatic carbocycles. The number of aromatic nitrogens is 1. The van der Waals surface area contributed by atoms with Crippen molar-refractivity contribution in [3.05, 3.63) is 24.1 Å². The molecule has 0 unspecified atom stereocenters. The van der Waals surface area contributed by atoms with E-state index in [0.29, 0.717) is 16.8 Å². The van der Waals surface area contributed by atoms with Gasteiger partial charge in [-0.05, 0) is 18.2 Å². The van der Waals surface area contributed by atoms with E-state index in [-0.39, 0.29) is 5.89 Å². The van der Waals surface area contributed by atoms with Crippen LogP contribution < -0.4 is 5.73 Å². The van der Waals surface area contributed by atoms with E-state index in [9.17, 15) is 0 Å². The van der Waals surface area contributed by atoms with E-state index in [0.717, 1.165) is 0 Å². The molecule has 0 aliphatic heterocycles. The Balaban J connectivity index is 2.63. The highest BCUT2D eigenvalue weighted by molar-refractivity contribution is 6.66. The summed E-state index contributed by atoms with van der Waals surface area (Å²) in [5.41, 5.74) is 7.26.